The van der Waals surface area contributed by atoms with Crippen LogP contribution in [-0.4, -0.2) is 48.1 Å². The Morgan fingerprint density at radius 3 is 2.95 bits per heavy atom. The highest BCUT2D eigenvalue weighted by molar-refractivity contribution is 5.76. The fraction of sp³-hybridized carbons (Fsp3) is 0.733. The van der Waals surface area contributed by atoms with E-state index in [2.05, 4.69) is 36.0 Å². The highest BCUT2D eigenvalue weighted by Crippen LogP contribution is 2.23. The Balaban J connectivity index is 2.05. The second-order valence-corrected chi connectivity index (χ2v) is 6.31. The van der Waals surface area contributed by atoms with Crippen molar-refractivity contribution in [2.45, 2.75) is 45.7 Å². The van der Waals surface area contributed by atoms with Crippen molar-refractivity contribution in [3.8, 4) is 0 Å². The summed E-state index contributed by atoms with van der Waals surface area (Å²) < 4.78 is 11.0. The van der Waals surface area contributed by atoms with Gasteiger partial charge in [0.2, 0.25) is 5.89 Å². The molecule has 0 aromatic carbocycles. The molecular formula is C15H25N3O3. The van der Waals surface area contributed by atoms with Gasteiger partial charge in [0.1, 0.15) is 11.8 Å². The predicted octanol–water partition coefficient (Wildman–Crippen LogP) is 1.31. The molecule has 1 atom stereocenters. The fourth-order valence-corrected chi connectivity index (χ4v) is 2.31. The minimum absolute atomic E-state index is 0.0603. The van der Waals surface area contributed by atoms with E-state index in [0.29, 0.717) is 25.6 Å². The standard InChI is InChI=1S/C15H25N3O3/c1-5-20-14(19)11-8-16-6-7-18(11)10-13-17-9-12(21-13)15(2,3)4/h9,11,16H,5-8,10H2,1-4H3. The molecule has 1 fully saturated rings. The van der Waals surface area contributed by atoms with Crippen molar-refractivity contribution in [1.29, 1.82) is 0 Å². The monoisotopic (exact) mass is 295 g/mol. The van der Waals surface area contributed by atoms with Crippen molar-refractivity contribution in [1.82, 2.24) is 15.2 Å². The number of esters is 1. The molecule has 6 nitrogen and oxygen atoms in total. The third kappa shape index (κ3) is 4.04. The number of ether oxygens (including phenoxy) is 1. The zero-order valence-corrected chi connectivity index (χ0v) is 13.3. The maximum atomic E-state index is 12.0. The second kappa shape index (κ2) is 6.58. The van der Waals surface area contributed by atoms with E-state index < -0.39 is 0 Å². The summed E-state index contributed by atoms with van der Waals surface area (Å²) in [4.78, 5) is 18.4. The normalized spacial score (nSPS) is 20.5. The van der Waals surface area contributed by atoms with Crippen LogP contribution in [0.2, 0.25) is 0 Å². The van der Waals surface area contributed by atoms with Crippen molar-refractivity contribution >= 4 is 5.97 Å². The van der Waals surface area contributed by atoms with Gasteiger partial charge in [0.15, 0.2) is 0 Å². The number of hydrogen-bond donors (Lipinski definition) is 1. The number of hydrogen-bond acceptors (Lipinski definition) is 6. The molecule has 0 radical (unpaired) electrons. The number of rotatable bonds is 4. The zero-order valence-electron chi connectivity index (χ0n) is 13.3. The zero-order chi connectivity index (χ0) is 15.5. The van der Waals surface area contributed by atoms with Crippen LogP contribution in [0, 0.1) is 0 Å². The summed E-state index contributed by atoms with van der Waals surface area (Å²) in [6.07, 6.45) is 1.77. The number of carbonyl (C=O) groups is 1. The first kappa shape index (κ1) is 16.0. The van der Waals surface area contributed by atoms with Gasteiger partial charge in [-0.25, -0.2) is 4.98 Å². The van der Waals surface area contributed by atoms with E-state index in [1.807, 2.05) is 6.92 Å². The highest BCUT2D eigenvalue weighted by Gasteiger charge is 2.31. The summed E-state index contributed by atoms with van der Waals surface area (Å²) in [5, 5.41) is 3.23. The van der Waals surface area contributed by atoms with Crippen LogP contribution >= 0.6 is 0 Å². The van der Waals surface area contributed by atoms with Crippen LogP contribution in [0.5, 0.6) is 0 Å². The van der Waals surface area contributed by atoms with Gasteiger partial charge in [-0.3, -0.25) is 9.69 Å². The number of nitrogens with zero attached hydrogens (tertiary/aromatic N) is 2. The summed E-state index contributed by atoms with van der Waals surface area (Å²) >= 11 is 0. The Labute approximate surface area is 125 Å². The Morgan fingerprint density at radius 1 is 1.57 bits per heavy atom. The number of aromatic nitrogens is 1. The van der Waals surface area contributed by atoms with Crippen molar-refractivity contribution in [2.75, 3.05) is 26.2 Å². The van der Waals surface area contributed by atoms with E-state index in [4.69, 9.17) is 9.15 Å². The Morgan fingerprint density at radius 2 is 2.33 bits per heavy atom. The van der Waals surface area contributed by atoms with E-state index in [1.165, 1.54) is 0 Å². The molecule has 1 saturated heterocycles. The molecule has 1 aliphatic heterocycles. The topological polar surface area (TPSA) is 67.6 Å². The molecule has 1 N–H and O–H groups in total. The highest BCUT2D eigenvalue weighted by atomic mass is 16.5. The Hall–Kier alpha value is -1.40. The Kier molecular flexibility index (Phi) is 5.00. The van der Waals surface area contributed by atoms with Gasteiger partial charge in [-0.15, -0.1) is 0 Å². The third-order valence-corrected chi connectivity index (χ3v) is 3.54. The van der Waals surface area contributed by atoms with Crippen LogP contribution < -0.4 is 5.32 Å². The van der Waals surface area contributed by atoms with Crippen LogP contribution in [0.25, 0.3) is 0 Å². The molecule has 21 heavy (non-hydrogen) atoms. The minimum atomic E-state index is -0.274. The van der Waals surface area contributed by atoms with E-state index in [-0.39, 0.29) is 17.4 Å². The first-order valence-corrected chi connectivity index (χ1v) is 7.48. The molecule has 6 heteroatoms. The molecule has 0 bridgehead atoms. The van der Waals surface area contributed by atoms with Crippen molar-refractivity contribution in [2.24, 2.45) is 0 Å². The summed E-state index contributed by atoms with van der Waals surface area (Å²) in [6, 6.07) is -0.274. The third-order valence-electron chi connectivity index (χ3n) is 3.54. The second-order valence-electron chi connectivity index (χ2n) is 6.31. The van der Waals surface area contributed by atoms with Crippen molar-refractivity contribution in [3.63, 3.8) is 0 Å². The van der Waals surface area contributed by atoms with E-state index in [0.717, 1.165) is 18.8 Å². The molecule has 2 heterocycles. The average molecular weight is 295 g/mol. The Bertz CT molecular complexity index is 479. The van der Waals surface area contributed by atoms with Crippen LogP contribution in [0.4, 0.5) is 0 Å². The molecule has 2 rings (SSSR count). The van der Waals surface area contributed by atoms with Crippen molar-refractivity contribution < 1.29 is 13.9 Å². The molecule has 0 saturated carbocycles. The lowest BCUT2D eigenvalue weighted by Crippen LogP contribution is -2.54. The van der Waals surface area contributed by atoms with Gasteiger partial charge in [-0.2, -0.15) is 0 Å². The summed E-state index contributed by atoms with van der Waals surface area (Å²) in [6.45, 7) is 11.2. The molecule has 0 amide bonds. The molecule has 0 aliphatic carbocycles. The molecule has 1 aromatic heterocycles. The minimum Gasteiger partial charge on any atom is -0.465 e. The summed E-state index contributed by atoms with van der Waals surface area (Å²) in [7, 11) is 0. The molecular weight excluding hydrogens is 270 g/mol. The molecule has 1 unspecified atom stereocenters. The van der Waals surface area contributed by atoms with Gasteiger partial charge in [0, 0.05) is 25.0 Å². The van der Waals surface area contributed by atoms with E-state index >= 15 is 0 Å². The summed E-state index contributed by atoms with van der Waals surface area (Å²) in [5.74, 6) is 1.32. The average Bonchev–Trinajstić information content (AvgIpc) is 2.88. The van der Waals surface area contributed by atoms with Gasteiger partial charge < -0.3 is 14.5 Å². The van der Waals surface area contributed by atoms with Crippen LogP contribution in [-0.2, 0) is 21.5 Å². The predicted molar refractivity (Wildman–Crippen MR) is 78.9 cm³/mol. The quantitative estimate of drug-likeness (QED) is 0.845. The number of oxazole rings is 1. The van der Waals surface area contributed by atoms with Crippen LogP contribution in [0.3, 0.4) is 0 Å². The van der Waals surface area contributed by atoms with Crippen LogP contribution in [0.1, 0.15) is 39.3 Å². The lowest BCUT2D eigenvalue weighted by atomic mass is 9.94. The van der Waals surface area contributed by atoms with Crippen molar-refractivity contribution in [3.05, 3.63) is 17.8 Å². The van der Waals surface area contributed by atoms with Crippen LogP contribution in [0.15, 0.2) is 10.6 Å². The molecule has 118 valence electrons. The largest absolute Gasteiger partial charge is 0.465 e. The smallest absolute Gasteiger partial charge is 0.324 e. The van der Waals surface area contributed by atoms with Gasteiger partial charge in [-0.1, -0.05) is 20.8 Å². The first-order chi connectivity index (χ1) is 9.91. The first-order valence-electron chi connectivity index (χ1n) is 7.48. The maximum Gasteiger partial charge on any atom is 0.324 e. The van der Waals surface area contributed by atoms with Gasteiger partial charge in [0.25, 0.3) is 0 Å². The van der Waals surface area contributed by atoms with E-state index in [1.54, 1.807) is 6.20 Å². The molecule has 0 spiro atoms. The van der Waals surface area contributed by atoms with Gasteiger partial charge in [-0.05, 0) is 6.92 Å². The van der Waals surface area contributed by atoms with Gasteiger partial charge >= 0.3 is 5.97 Å². The number of carbonyl (C=O) groups excluding carboxylic acids is 1. The fourth-order valence-electron chi connectivity index (χ4n) is 2.31. The maximum absolute atomic E-state index is 12.0. The van der Waals surface area contributed by atoms with E-state index in [9.17, 15) is 4.79 Å². The lowest BCUT2D eigenvalue weighted by molar-refractivity contribution is -0.150. The lowest BCUT2D eigenvalue weighted by Gasteiger charge is -2.33. The van der Waals surface area contributed by atoms with Gasteiger partial charge in [0.05, 0.1) is 19.3 Å². The SMILES string of the molecule is CCOC(=O)C1CNCCN1Cc1ncc(C(C)(C)C)o1. The summed E-state index contributed by atoms with van der Waals surface area (Å²) in [5.41, 5.74) is -0.0603. The molecule has 1 aliphatic rings. The molecule has 1 aromatic rings. The number of piperazine rings is 1. The number of nitrogens with one attached hydrogen (secondary N) is 1.